The van der Waals surface area contributed by atoms with Crippen molar-refractivity contribution in [3.63, 3.8) is 0 Å². The lowest BCUT2D eigenvalue weighted by atomic mass is 10.2. The van der Waals surface area contributed by atoms with Crippen LogP contribution >= 0.6 is 15.9 Å². The summed E-state index contributed by atoms with van der Waals surface area (Å²) in [6, 6.07) is 0. The van der Waals surface area contributed by atoms with Gasteiger partial charge in [0.05, 0.1) is 0 Å². The second kappa shape index (κ2) is 4.03. The van der Waals surface area contributed by atoms with Gasteiger partial charge in [-0.1, -0.05) is 22.9 Å². The van der Waals surface area contributed by atoms with Gasteiger partial charge in [-0.3, -0.25) is 14.5 Å². The van der Waals surface area contributed by atoms with Crippen molar-refractivity contribution < 1.29 is 9.59 Å². The lowest BCUT2D eigenvalue weighted by molar-refractivity contribution is -0.141. The molecular formula is C8H12BrNO2. The number of nitrogens with zero attached hydrogens (tertiary/aromatic N) is 1. The van der Waals surface area contributed by atoms with E-state index in [4.69, 9.17) is 0 Å². The largest absolute Gasteiger partial charge is 0.282 e. The maximum atomic E-state index is 11.3. The quantitative estimate of drug-likeness (QED) is 0.672. The van der Waals surface area contributed by atoms with Gasteiger partial charge >= 0.3 is 0 Å². The standard InChI is InChI=1S/C8H12BrNO2/c1-6-4-8(12)10(5-6)7(11)2-3-9/h6H,2-5H2,1H3. The first-order chi connectivity index (χ1) is 5.65. The van der Waals surface area contributed by atoms with Crippen molar-refractivity contribution >= 4 is 27.7 Å². The molecule has 1 rings (SSSR count). The Morgan fingerprint density at radius 2 is 2.42 bits per heavy atom. The van der Waals surface area contributed by atoms with Crippen molar-refractivity contribution in [2.45, 2.75) is 19.8 Å². The maximum absolute atomic E-state index is 11.3. The molecule has 0 saturated carbocycles. The van der Waals surface area contributed by atoms with Gasteiger partial charge < -0.3 is 0 Å². The van der Waals surface area contributed by atoms with Gasteiger partial charge in [-0.15, -0.1) is 0 Å². The Morgan fingerprint density at radius 1 is 1.75 bits per heavy atom. The lowest BCUT2D eigenvalue weighted by Crippen LogP contribution is -2.32. The number of hydrogen-bond acceptors (Lipinski definition) is 2. The van der Waals surface area contributed by atoms with Gasteiger partial charge in [0.25, 0.3) is 0 Å². The summed E-state index contributed by atoms with van der Waals surface area (Å²) in [5.74, 6) is 0.256. The van der Waals surface area contributed by atoms with Gasteiger partial charge in [0.2, 0.25) is 11.8 Å². The smallest absolute Gasteiger partial charge is 0.230 e. The van der Waals surface area contributed by atoms with E-state index in [9.17, 15) is 9.59 Å². The highest BCUT2D eigenvalue weighted by Gasteiger charge is 2.30. The zero-order valence-corrected chi connectivity index (χ0v) is 8.63. The van der Waals surface area contributed by atoms with E-state index in [1.807, 2.05) is 6.92 Å². The summed E-state index contributed by atoms with van der Waals surface area (Å²) in [7, 11) is 0. The molecule has 0 aromatic rings. The van der Waals surface area contributed by atoms with Gasteiger partial charge in [-0.2, -0.15) is 0 Å². The van der Waals surface area contributed by atoms with Crippen LogP contribution < -0.4 is 0 Å². The molecule has 1 unspecified atom stereocenters. The van der Waals surface area contributed by atoms with Crippen molar-refractivity contribution in [1.82, 2.24) is 4.90 Å². The Hall–Kier alpha value is -0.380. The number of carbonyl (C=O) groups is 2. The molecule has 0 bridgehead atoms. The van der Waals surface area contributed by atoms with E-state index in [1.165, 1.54) is 4.90 Å². The Morgan fingerprint density at radius 3 is 2.83 bits per heavy atom. The molecule has 12 heavy (non-hydrogen) atoms. The molecule has 0 spiro atoms. The first kappa shape index (κ1) is 9.71. The van der Waals surface area contributed by atoms with Crippen LogP contribution in [0.3, 0.4) is 0 Å². The summed E-state index contributed by atoms with van der Waals surface area (Å²) >= 11 is 3.17. The lowest BCUT2D eigenvalue weighted by Gasteiger charge is -2.12. The van der Waals surface area contributed by atoms with Crippen LogP contribution in [-0.2, 0) is 9.59 Å². The molecule has 2 amide bonds. The first-order valence-corrected chi connectivity index (χ1v) is 5.16. The van der Waals surface area contributed by atoms with Gasteiger partial charge in [0.15, 0.2) is 0 Å². The second-order valence-corrected chi connectivity index (χ2v) is 3.94. The number of alkyl halides is 1. The number of carbonyl (C=O) groups excluding carboxylic acids is 2. The molecule has 1 saturated heterocycles. The Bertz CT molecular complexity index is 205. The fourth-order valence-corrected chi connectivity index (χ4v) is 1.68. The zero-order chi connectivity index (χ0) is 9.14. The van der Waals surface area contributed by atoms with Crippen molar-refractivity contribution in [3.05, 3.63) is 0 Å². The molecular weight excluding hydrogens is 222 g/mol. The summed E-state index contributed by atoms with van der Waals surface area (Å²) in [6.45, 7) is 2.59. The Balaban J connectivity index is 2.52. The van der Waals surface area contributed by atoms with Crippen LogP contribution in [0.25, 0.3) is 0 Å². The van der Waals surface area contributed by atoms with E-state index in [2.05, 4.69) is 15.9 Å². The van der Waals surface area contributed by atoms with Crippen molar-refractivity contribution in [3.8, 4) is 0 Å². The fraction of sp³-hybridized carbons (Fsp3) is 0.750. The van der Waals surface area contributed by atoms with Crippen molar-refractivity contribution in [2.24, 2.45) is 5.92 Å². The fourth-order valence-electron chi connectivity index (χ4n) is 1.34. The van der Waals surface area contributed by atoms with Gasteiger partial charge in [-0.25, -0.2) is 0 Å². The number of halogens is 1. The molecule has 0 aliphatic carbocycles. The summed E-state index contributed by atoms with van der Waals surface area (Å²) < 4.78 is 0. The minimum Gasteiger partial charge on any atom is -0.282 e. The third kappa shape index (κ3) is 2.06. The monoisotopic (exact) mass is 233 g/mol. The Labute approximate surface area is 80.2 Å². The van der Waals surface area contributed by atoms with Crippen LogP contribution in [0.1, 0.15) is 19.8 Å². The molecule has 0 aromatic heterocycles. The molecule has 1 fully saturated rings. The third-order valence-corrected chi connectivity index (χ3v) is 2.32. The minimum absolute atomic E-state index is 0.0200. The molecule has 1 aliphatic heterocycles. The van der Waals surface area contributed by atoms with Crippen LogP contribution in [0.15, 0.2) is 0 Å². The molecule has 0 aromatic carbocycles. The predicted octanol–water partition coefficient (Wildman–Crippen LogP) is 1.17. The predicted molar refractivity (Wildman–Crippen MR) is 48.9 cm³/mol. The number of imide groups is 1. The highest BCUT2D eigenvalue weighted by atomic mass is 79.9. The van der Waals surface area contributed by atoms with Gasteiger partial charge in [-0.05, 0) is 5.92 Å². The van der Waals surface area contributed by atoms with Gasteiger partial charge in [0, 0.05) is 24.7 Å². The number of amides is 2. The summed E-state index contributed by atoms with van der Waals surface area (Å²) in [4.78, 5) is 23.8. The molecule has 4 heteroatoms. The van der Waals surface area contributed by atoms with Crippen LogP contribution in [-0.4, -0.2) is 28.6 Å². The summed E-state index contributed by atoms with van der Waals surface area (Å²) in [5, 5.41) is 0.629. The van der Waals surface area contributed by atoms with Crippen molar-refractivity contribution in [1.29, 1.82) is 0 Å². The molecule has 1 atom stereocenters. The molecule has 0 N–H and O–H groups in total. The maximum Gasteiger partial charge on any atom is 0.230 e. The Kier molecular flexibility index (Phi) is 3.26. The summed E-state index contributed by atoms with van der Waals surface area (Å²) in [5.41, 5.74) is 0. The van der Waals surface area contributed by atoms with Crippen LogP contribution in [0.4, 0.5) is 0 Å². The molecule has 68 valence electrons. The SMILES string of the molecule is CC1CC(=O)N(C(=O)CCBr)C1. The average Bonchev–Trinajstić information content (AvgIpc) is 2.30. The zero-order valence-electron chi connectivity index (χ0n) is 7.05. The van der Waals surface area contributed by atoms with Crippen LogP contribution in [0.5, 0.6) is 0 Å². The van der Waals surface area contributed by atoms with E-state index < -0.39 is 0 Å². The van der Waals surface area contributed by atoms with Crippen LogP contribution in [0, 0.1) is 5.92 Å². The number of hydrogen-bond donors (Lipinski definition) is 0. The number of likely N-dealkylation sites (tertiary alicyclic amines) is 1. The van der Waals surface area contributed by atoms with Crippen molar-refractivity contribution in [2.75, 3.05) is 11.9 Å². The topological polar surface area (TPSA) is 37.4 Å². The van der Waals surface area contributed by atoms with Gasteiger partial charge in [0.1, 0.15) is 0 Å². The van der Waals surface area contributed by atoms with E-state index >= 15 is 0 Å². The third-order valence-electron chi connectivity index (χ3n) is 1.93. The highest BCUT2D eigenvalue weighted by molar-refractivity contribution is 9.09. The number of rotatable bonds is 2. The molecule has 1 aliphatic rings. The first-order valence-electron chi connectivity index (χ1n) is 4.04. The minimum atomic E-state index is -0.0544. The highest BCUT2D eigenvalue weighted by Crippen LogP contribution is 2.17. The van der Waals surface area contributed by atoms with E-state index in [0.29, 0.717) is 30.6 Å². The average molecular weight is 234 g/mol. The van der Waals surface area contributed by atoms with E-state index in [0.717, 1.165) is 0 Å². The normalized spacial score (nSPS) is 23.3. The summed E-state index contributed by atoms with van der Waals surface area (Å²) in [6.07, 6.45) is 0.937. The molecule has 3 nitrogen and oxygen atoms in total. The van der Waals surface area contributed by atoms with E-state index in [1.54, 1.807) is 0 Å². The molecule has 1 heterocycles. The van der Waals surface area contributed by atoms with E-state index in [-0.39, 0.29) is 11.8 Å². The second-order valence-electron chi connectivity index (χ2n) is 3.15. The molecule has 0 radical (unpaired) electrons. The van der Waals surface area contributed by atoms with Crippen LogP contribution in [0.2, 0.25) is 0 Å².